The first-order valence-corrected chi connectivity index (χ1v) is 17.5. The molecule has 10 aromatic rings. The Balaban J connectivity index is 1.28. The van der Waals surface area contributed by atoms with Crippen LogP contribution >= 0.6 is 0 Å². The van der Waals surface area contributed by atoms with E-state index in [0.29, 0.717) is 5.82 Å². The summed E-state index contributed by atoms with van der Waals surface area (Å²) in [4.78, 5) is 20.1. The molecule has 0 amide bonds. The van der Waals surface area contributed by atoms with Gasteiger partial charge in [0.25, 0.3) is 0 Å². The lowest BCUT2D eigenvalue weighted by Crippen LogP contribution is -1.98. The van der Waals surface area contributed by atoms with Crippen LogP contribution in [0.1, 0.15) is 0 Å². The molecule has 0 aliphatic rings. The maximum atomic E-state index is 5.39. The van der Waals surface area contributed by atoms with E-state index in [2.05, 4.69) is 168 Å². The summed E-state index contributed by atoms with van der Waals surface area (Å²) in [6, 6.07) is 59.5. The summed E-state index contributed by atoms with van der Waals surface area (Å²) in [6.45, 7) is 0. The fourth-order valence-corrected chi connectivity index (χ4v) is 7.50. The zero-order chi connectivity index (χ0) is 34.4. The van der Waals surface area contributed by atoms with Gasteiger partial charge in [-0.1, -0.05) is 121 Å². The Hall–Kier alpha value is -7.04. The van der Waals surface area contributed by atoms with Crippen molar-refractivity contribution in [2.75, 3.05) is 0 Å². The molecule has 4 nitrogen and oxygen atoms in total. The van der Waals surface area contributed by atoms with Crippen molar-refractivity contribution in [3.8, 4) is 56.2 Å². The number of aromatic nitrogens is 4. The standard InChI is InChI=1S/C48H30N4/c1-3-15-36-31(11-1)13-9-19-42(36)47-30-46(51-48(52-47)43-20-10-14-32-12-2-4-16-37(32)43)35-28-33(38-23-25-49-44-21-7-5-17-40(38)44)27-34(29-35)39-24-26-50-45-22-8-6-18-41(39)45/h1-30H. The molecular weight excluding hydrogens is 633 g/mol. The van der Waals surface area contributed by atoms with Gasteiger partial charge in [0, 0.05) is 39.9 Å². The van der Waals surface area contributed by atoms with Gasteiger partial charge in [0.1, 0.15) is 0 Å². The van der Waals surface area contributed by atoms with E-state index >= 15 is 0 Å². The third-order valence-electron chi connectivity index (χ3n) is 9.97. The summed E-state index contributed by atoms with van der Waals surface area (Å²) in [5, 5.41) is 6.79. The summed E-state index contributed by atoms with van der Waals surface area (Å²) in [7, 11) is 0. The normalized spacial score (nSPS) is 11.5. The van der Waals surface area contributed by atoms with Crippen molar-refractivity contribution in [3.63, 3.8) is 0 Å². The van der Waals surface area contributed by atoms with Crippen LogP contribution in [0.4, 0.5) is 0 Å². The SMILES string of the molecule is c1ccc2c(-c3cc(-c4cc(-c5ccnc6ccccc56)cc(-c5ccnc6ccccc56)c4)nc(-c4cccc5ccccc45)n3)cccc2c1. The molecule has 0 bridgehead atoms. The van der Waals surface area contributed by atoms with E-state index in [1.165, 1.54) is 5.39 Å². The van der Waals surface area contributed by atoms with Crippen LogP contribution in [0.3, 0.4) is 0 Å². The lowest BCUT2D eigenvalue weighted by atomic mass is 9.92. The van der Waals surface area contributed by atoms with Gasteiger partial charge in [0.05, 0.1) is 22.4 Å². The lowest BCUT2D eigenvalue weighted by molar-refractivity contribution is 1.19. The fraction of sp³-hybridized carbons (Fsp3) is 0. The van der Waals surface area contributed by atoms with E-state index in [9.17, 15) is 0 Å². The largest absolute Gasteiger partial charge is 0.256 e. The third kappa shape index (κ3) is 5.17. The molecule has 7 aromatic carbocycles. The first-order valence-electron chi connectivity index (χ1n) is 17.5. The van der Waals surface area contributed by atoms with E-state index < -0.39 is 0 Å². The molecule has 3 heterocycles. The average Bonchev–Trinajstić information content (AvgIpc) is 3.22. The predicted molar refractivity (Wildman–Crippen MR) is 215 cm³/mol. The van der Waals surface area contributed by atoms with Gasteiger partial charge in [-0.3, -0.25) is 9.97 Å². The zero-order valence-corrected chi connectivity index (χ0v) is 28.1. The molecule has 0 saturated heterocycles. The Labute approximate surface area is 300 Å². The van der Waals surface area contributed by atoms with Crippen molar-refractivity contribution >= 4 is 43.4 Å². The number of para-hydroxylation sites is 2. The predicted octanol–water partition coefficient (Wildman–Crippen LogP) is 12.2. The van der Waals surface area contributed by atoms with Gasteiger partial charge in [-0.2, -0.15) is 0 Å². The Morgan fingerprint density at radius 2 is 0.769 bits per heavy atom. The van der Waals surface area contributed by atoms with Crippen LogP contribution in [-0.2, 0) is 0 Å². The fourth-order valence-electron chi connectivity index (χ4n) is 7.50. The highest BCUT2D eigenvalue weighted by Gasteiger charge is 2.17. The van der Waals surface area contributed by atoms with Crippen LogP contribution in [0.15, 0.2) is 182 Å². The molecule has 0 saturated carbocycles. The number of hydrogen-bond donors (Lipinski definition) is 0. The van der Waals surface area contributed by atoms with E-state index in [4.69, 9.17) is 9.97 Å². The van der Waals surface area contributed by atoms with Crippen molar-refractivity contribution in [3.05, 3.63) is 182 Å². The molecule has 3 aromatic heterocycles. The summed E-state index contributed by atoms with van der Waals surface area (Å²) in [5.41, 5.74) is 11.1. The maximum Gasteiger partial charge on any atom is 0.161 e. The van der Waals surface area contributed by atoms with Crippen molar-refractivity contribution in [1.82, 2.24) is 19.9 Å². The Bertz CT molecular complexity index is 2560. The summed E-state index contributed by atoms with van der Waals surface area (Å²) >= 11 is 0. The highest BCUT2D eigenvalue weighted by atomic mass is 14.9. The summed E-state index contributed by atoms with van der Waals surface area (Å²) in [5.74, 6) is 0.688. The molecular formula is C48H30N4. The van der Waals surface area contributed by atoms with E-state index in [1.54, 1.807) is 0 Å². The van der Waals surface area contributed by atoms with Crippen LogP contribution < -0.4 is 0 Å². The highest BCUT2D eigenvalue weighted by molar-refractivity contribution is 6.01. The molecule has 0 atom stereocenters. The second kappa shape index (κ2) is 12.4. The lowest BCUT2D eigenvalue weighted by Gasteiger charge is -2.16. The molecule has 0 radical (unpaired) electrons. The molecule has 242 valence electrons. The zero-order valence-electron chi connectivity index (χ0n) is 28.1. The van der Waals surface area contributed by atoms with Crippen LogP contribution in [0, 0.1) is 0 Å². The molecule has 0 unspecified atom stereocenters. The van der Waals surface area contributed by atoms with Gasteiger partial charge in [0.2, 0.25) is 0 Å². The molecule has 0 fully saturated rings. The first kappa shape index (κ1) is 29.8. The van der Waals surface area contributed by atoms with Gasteiger partial charge in [-0.25, -0.2) is 9.97 Å². The number of nitrogens with zero attached hydrogens (tertiary/aromatic N) is 4. The van der Waals surface area contributed by atoms with Gasteiger partial charge < -0.3 is 0 Å². The van der Waals surface area contributed by atoms with Gasteiger partial charge in [0.15, 0.2) is 5.82 Å². The van der Waals surface area contributed by atoms with Crippen LogP contribution in [0.5, 0.6) is 0 Å². The molecule has 10 rings (SSSR count). The molecule has 4 heteroatoms. The van der Waals surface area contributed by atoms with Crippen molar-refractivity contribution in [2.24, 2.45) is 0 Å². The minimum Gasteiger partial charge on any atom is -0.256 e. The van der Waals surface area contributed by atoms with Crippen molar-refractivity contribution in [1.29, 1.82) is 0 Å². The Morgan fingerprint density at radius 1 is 0.308 bits per heavy atom. The quantitative estimate of drug-likeness (QED) is 0.184. The van der Waals surface area contributed by atoms with Gasteiger partial charge >= 0.3 is 0 Å². The molecule has 52 heavy (non-hydrogen) atoms. The van der Waals surface area contributed by atoms with Crippen molar-refractivity contribution < 1.29 is 0 Å². The summed E-state index contributed by atoms with van der Waals surface area (Å²) < 4.78 is 0. The number of fused-ring (bicyclic) bond motifs is 4. The second-order valence-electron chi connectivity index (χ2n) is 13.1. The number of pyridine rings is 2. The number of rotatable bonds is 5. The smallest absolute Gasteiger partial charge is 0.161 e. The minimum atomic E-state index is 0.688. The molecule has 0 aliphatic carbocycles. The maximum absolute atomic E-state index is 5.39. The highest BCUT2D eigenvalue weighted by Crippen LogP contribution is 2.39. The van der Waals surface area contributed by atoms with E-state index in [1.807, 2.05) is 24.5 Å². The summed E-state index contributed by atoms with van der Waals surface area (Å²) in [6.07, 6.45) is 3.79. The molecule has 0 aliphatic heterocycles. The number of benzene rings is 7. The monoisotopic (exact) mass is 662 g/mol. The van der Waals surface area contributed by atoms with E-state index in [0.717, 1.165) is 88.3 Å². The minimum absolute atomic E-state index is 0.688. The third-order valence-corrected chi connectivity index (χ3v) is 9.97. The Morgan fingerprint density at radius 3 is 1.38 bits per heavy atom. The van der Waals surface area contributed by atoms with Gasteiger partial charge in [-0.05, 0) is 92.3 Å². The molecule has 0 spiro atoms. The number of hydrogen-bond acceptors (Lipinski definition) is 4. The average molecular weight is 663 g/mol. The van der Waals surface area contributed by atoms with Crippen molar-refractivity contribution in [2.45, 2.75) is 0 Å². The first-order chi connectivity index (χ1) is 25.8. The van der Waals surface area contributed by atoms with Crippen LogP contribution in [-0.4, -0.2) is 19.9 Å². The molecule has 0 N–H and O–H groups in total. The van der Waals surface area contributed by atoms with Crippen LogP contribution in [0.25, 0.3) is 99.5 Å². The van der Waals surface area contributed by atoms with Gasteiger partial charge in [-0.15, -0.1) is 0 Å². The topological polar surface area (TPSA) is 51.6 Å². The second-order valence-corrected chi connectivity index (χ2v) is 13.1. The van der Waals surface area contributed by atoms with Crippen LogP contribution in [0.2, 0.25) is 0 Å². The Kier molecular flexibility index (Phi) is 7.10. The van der Waals surface area contributed by atoms with E-state index in [-0.39, 0.29) is 0 Å².